The summed E-state index contributed by atoms with van der Waals surface area (Å²) in [6, 6.07) is 17.7. The summed E-state index contributed by atoms with van der Waals surface area (Å²) in [7, 11) is 0. The fraction of sp³-hybridized carbons (Fsp3) is 0.105. The van der Waals surface area contributed by atoms with Crippen LogP contribution in [0.4, 0.5) is 24.5 Å². The molecule has 0 heterocycles. The number of nitrogens with zero attached hydrogens (tertiary/aromatic N) is 1. The maximum atomic E-state index is 12.7. The van der Waals surface area contributed by atoms with Crippen LogP contribution < -0.4 is 4.90 Å². The van der Waals surface area contributed by atoms with E-state index < -0.39 is 11.7 Å². The average molecular weight is 329 g/mol. The fourth-order valence-corrected chi connectivity index (χ4v) is 2.69. The molecule has 0 bridgehead atoms. The number of fused-ring (bicyclic) bond motifs is 1. The van der Waals surface area contributed by atoms with Crippen LogP contribution in [-0.4, -0.2) is 5.91 Å². The maximum absolute atomic E-state index is 12.7. The Hall–Kier alpha value is -2.82. The number of hydrogen-bond acceptors (Lipinski definition) is 1. The fourth-order valence-electron chi connectivity index (χ4n) is 2.69. The van der Waals surface area contributed by atoms with Crippen molar-refractivity contribution < 1.29 is 18.0 Å². The van der Waals surface area contributed by atoms with Gasteiger partial charge in [-0.3, -0.25) is 9.69 Å². The second-order valence-electron chi connectivity index (χ2n) is 5.40. The van der Waals surface area contributed by atoms with Crippen molar-refractivity contribution in [3.8, 4) is 0 Å². The molecule has 0 radical (unpaired) electrons. The Morgan fingerprint density at radius 2 is 1.50 bits per heavy atom. The van der Waals surface area contributed by atoms with E-state index in [0.717, 1.165) is 22.9 Å². The van der Waals surface area contributed by atoms with Gasteiger partial charge in [-0.15, -0.1) is 0 Å². The largest absolute Gasteiger partial charge is 0.416 e. The van der Waals surface area contributed by atoms with E-state index in [4.69, 9.17) is 0 Å². The monoisotopic (exact) mass is 329 g/mol. The Morgan fingerprint density at radius 1 is 0.875 bits per heavy atom. The van der Waals surface area contributed by atoms with Gasteiger partial charge in [0.05, 0.1) is 11.3 Å². The van der Waals surface area contributed by atoms with Crippen molar-refractivity contribution >= 4 is 28.1 Å². The van der Waals surface area contributed by atoms with Crippen LogP contribution in [0.1, 0.15) is 12.5 Å². The number of halogens is 3. The molecule has 1 amide bonds. The zero-order valence-corrected chi connectivity index (χ0v) is 12.8. The predicted octanol–water partition coefficient (Wildman–Crippen LogP) is 5.54. The summed E-state index contributed by atoms with van der Waals surface area (Å²) in [5.41, 5.74) is 0.292. The van der Waals surface area contributed by atoms with Gasteiger partial charge >= 0.3 is 6.18 Å². The van der Waals surface area contributed by atoms with Gasteiger partial charge < -0.3 is 0 Å². The normalized spacial score (nSPS) is 11.5. The van der Waals surface area contributed by atoms with Crippen molar-refractivity contribution in [2.45, 2.75) is 13.1 Å². The molecule has 5 heteroatoms. The molecule has 122 valence electrons. The first-order valence-electron chi connectivity index (χ1n) is 7.33. The van der Waals surface area contributed by atoms with Crippen LogP contribution in [0.2, 0.25) is 0 Å². The molecule has 0 fully saturated rings. The van der Waals surface area contributed by atoms with Crippen LogP contribution in [0.5, 0.6) is 0 Å². The summed E-state index contributed by atoms with van der Waals surface area (Å²) in [6.45, 7) is 1.39. The minimum Gasteiger partial charge on any atom is -0.281 e. The maximum Gasteiger partial charge on any atom is 0.416 e. The van der Waals surface area contributed by atoms with Crippen LogP contribution in [0.3, 0.4) is 0 Å². The standard InChI is InChI=1S/C19H14F3NO/c1-13(24)23(16-11-9-15(10-12-16)19(20,21)22)18-8-4-6-14-5-2-3-7-17(14)18/h2-12H,1H3. The third-order valence-electron chi connectivity index (χ3n) is 3.78. The predicted molar refractivity (Wildman–Crippen MR) is 88.2 cm³/mol. The molecule has 0 saturated heterocycles. The summed E-state index contributed by atoms with van der Waals surface area (Å²) in [5, 5.41) is 1.81. The number of hydrogen-bond donors (Lipinski definition) is 0. The van der Waals surface area contributed by atoms with Gasteiger partial charge in [0, 0.05) is 18.0 Å². The van der Waals surface area contributed by atoms with Gasteiger partial charge in [0.2, 0.25) is 5.91 Å². The molecule has 0 aliphatic carbocycles. The van der Waals surface area contributed by atoms with Crippen LogP contribution in [0.15, 0.2) is 66.7 Å². The number of anilines is 2. The molecule has 0 aromatic heterocycles. The lowest BCUT2D eigenvalue weighted by molar-refractivity contribution is -0.137. The van der Waals surface area contributed by atoms with Crippen LogP contribution >= 0.6 is 0 Å². The van der Waals surface area contributed by atoms with E-state index in [1.165, 1.54) is 24.0 Å². The van der Waals surface area contributed by atoms with Gasteiger partial charge in [-0.2, -0.15) is 13.2 Å². The number of carbonyl (C=O) groups is 1. The Balaban J connectivity index is 2.12. The molecule has 3 aromatic carbocycles. The lowest BCUT2D eigenvalue weighted by Crippen LogP contribution is -2.23. The van der Waals surface area contributed by atoms with Gasteiger partial charge in [0.15, 0.2) is 0 Å². The van der Waals surface area contributed by atoms with Gasteiger partial charge in [-0.25, -0.2) is 0 Å². The molecule has 0 N–H and O–H groups in total. The highest BCUT2D eigenvalue weighted by molar-refractivity contribution is 6.07. The van der Waals surface area contributed by atoms with Crippen molar-refractivity contribution in [2.24, 2.45) is 0 Å². The molecule has 0 aliphatic heterocycles. The number of amides is 1. The van der Waals surface area contributed by atoms with E-state index in [0.29, 0.717) is 11.4 Å². The molecule has 3 aromatic rings. The smallest absolute Gasteiger partial charge is 0.281 e. The van der Waals surface area contributed by atoms with Gasteiger partial charge in [-0.05, 0) is 35.7 Å². The van der Waals surface area contributed by atoms with E-state index in [1.807, 2.05) is 36.4 Å². The minimum absolute atomic E-state index is 0.272. The summed E-state index contributed by atoms with van der Waals surface area (Å²) in [6.07, 6.45) is -4.40. The average Bonchev–Trinajstić information content (AvgIpc) is 2.55. The Morgan fingerprint density at radius 3 is 2.12 bits per heavy atom. The van der Waals surface area contributed by atoms with E-state index in [1.54, 1.807) is 6.07 Å². The quantitative estimate of drug-likeness (QED) is 0.604. The summed E-state index contributed by atoms with van der Waals surface area (Å²) >= 11 is 0. The van der Waals surface area contributed by atoms with E-state index in [2.05, 4.69) is 0 Å². The highest BCUT2D eigenvalue weighted by atomic mass is 19.4. The number of benzene rings is 3. The first-order valence-corrected chi connectivity index (χ1v) is 7.33. The molecule has 0 saturated carbocycles. The second-order valence-corrected chi connectivity index (χ2v) is 5.40. The molecule has 24 heavy (non-hydrogen) atoms. The highest BCUT2D eigenvalue weighted by Crippen LogP contribution is 2.35. The van der Waals surface area contributed by atoms with Crippen molar-refractivity contribution in [2.75, 3.05) is 4.90 Å². The summed E-state index contributed by atoms with van der Waals surface area (Å²) < 4.78 is 38.2. The number of alkyl halides is 3. The van der Waals surface area contributed by atoms with E-state index >= 15 is 0 Å². The molecule has 2 nitrogen and oxygen atoms in total. The summed E-state index contributed by atoms with van der Waals surface area (Å²) in [5.74, 6) is -0.272. The van der Waals surface area contributed by atoms with Gasteiger partial charge in [-0.1, -0.05) is 36.4 Å². The van der Waals surface area contributed by atoms with Gasteiger partial charge in [0.25, 0.3) is 0 Å². The van der Waals surface area contributed by atoms with Crippen LogP contribution in [0.25, 0.3) is 10.8 Å². The highest BCUT2D eigenvalue weighted by Gasteiger charge is 2.30. The Bertz CT molecular complexity index is 880. The molecule has 3 rings (SSSR count). The van der Waals surface area contributed by atoms with Crippen molar-refractivity contribution in [1.82, 2.24) is 0 Å². The zero-order valence-electron chi connectivity index (χ0n) is 12.8. The summed E-state index contributed by atoms with van der Waals surface area (Å²) in [4.78, 5) is 13.6. The molecule has 0 aliphatic rings. The number of rotatable bonds is 2. The van der Waals surface area contributed by atoms with Crippen molar-refractivity contribution in [3.05, 3.63) is 72.3 Å². The molecular weight excluding hydrogens is 315 g/mol. The zero-order chi connectivity index (χ0) is 17.3. The molecule has 0 atom stereocenters. The Kier molecular flexibility index (Phi) is 4.01. The third kappa shape index (κ3) is 2.97. The molecular formula is C19H14F3NO. The SMILES string of the molecule is CC(=O)N(c1ccc(C(F)(F)F)cc1)c1cccc2ccccc12. The topological polar surface area (TPSA) is 20.3 Å². The molecule has 0 spiro atoms. The first-order chi connectivity index (χ1) is 11.4. The van der Waals surface area contributed by atoms with E-state index in [9.17, 15) is 18.0 Å². The minimum atomic E-state index is -4.40. The lowest BCUT2D eigenvalue weighted by Gasteiger charge is -2.23. The second kappa shape index (κ2) is 6.00. The van der Waals surface area contributed by atoms with Crippen molar-refractivity contribution in [3.63, 3.8) is 0 Å². The van der Waals surface area contributed by atoms with Crippen LogP contribution in [0, 0.1) is 0 Å². The van der Waals surface area contributed by atoms with E-state index in [-0.39, 0.29) is 5.91 Å². The first kappa shape index (κ1) is 16.1. The van der Waals surface area contributed by atoms with Crippen LogP contribution in [-0.2, 0) is 11.0 Å². The molecule has 0 unspecified atom stereocenters. The van der Waals surface area contributed by atoms with Crippen molar-refractivity contribution in [1.29, 1.82) is 0 Å². The Labute approximate surface area is 137 Å². The lowest BCUT2D eigenvalue weighted by atomic mass is 10.1. The third-order valence-corrected chi connectivity index (χ3v) is 3.78. The number of carbonyl (C=O) groups excluding carboxylic acids is 1. The van der Waals surface area contributed by atoms with Gasteiger partial charge in [0.1, 0.15) is 0 Å².